The van der Waals surface area contributed by atoms with Crippen molar-refractivity contribution in [3.05, 3.63) is 88.5 Å². The van der Waals surface area contributed by atoms with Crippen LogP contribution in [0.3, 0.4) is 0 Å². The molecular formula is C24H17FN2O4S. The second-order valence-corrected chi connectivity index (χ2v) is 8.23. The summed E-state index contributed by atoms with van der Waals surface area (Å²) in [6.07, 6.45) is 0. The van der Waals surface area contributed by atoms with Crippen molar-refractivity contribution in [3.63, 3.8) is 0 Å². The summed E-state index contributed by atoms with van der Waals surface area (Å²) in [6.45, 7) is -0.144. The number of carbonyl (C=O) groups is 2. The first kappa shape index (κ1) is 20.1. The Morgan fingerprint density at radius 1 is 1.06 bits per heavy atom. The van der Waals surface area contributed by atoms with Crippen LogP contribution in [0, 0.1) is 5.82 Å². The molecule has 5 rings (SSSR count). The Bertz CT molecular complexity index is 1390. The number of nitrogens with zero attached hydrogens (tertiary/aromatic N) is 2. The van der Waals surface area contributed by atoms with Gasteiger partial charge in [0.2, 0.25) is 0 Å². The molecule has 4 aromatic rings. The fourth-order valence-electron chi connectivity index (χ4n) is 3.81. The average molecular weight is 448 g/mol. The van der Waals surface area contributed by atoms with Crippen molar-refractivity contribution in [2.24, 2.45) is 4.99 Å². The van der Waals surface area contributed by atoms with E-state index in [1.54, 1.807) is 10.6 Å². The first-order chi connectivity index (χ1) is 15.5. The number of benzene rings is 3. The van der Waals surface area contributed by atoms with Gasteiger partial charge in [0.25, 0.3) is 5.91 Å². The van der Waals surface area contributed by atoms with Gasteiger partial charge in [-0.05, 0) is 30.3 Å². The van der Waals surface area contributed by atoms with Crippen LogP contribution in [0.5, 0.6) is 11.5 Å². The fourth-order valence-corrected chi connectivity index (χ4v) is 4.87. The molecular weight excluding hydrogens is 431 g/mol. The molecule has 0 bridgehead atoms. The molecule has 3 aromatic carbocycles. The fraction of sp³-hybridized carbons (Fsp3) is 0.125. The number of hydrogen-bond acceptors (Lipinski definition) is 5. The lowest BCUT2D eigenvalue weighted by Gasteiger charge is -2.25. The number of rotatable bonds is 3. The van der Waals surface area contributed by atoms with E-state index in [9.17, 15) is 14.0 Å². The molecule has 0 fully saturated rings. The van der Waals surface area contributed by atoms with Crippen molar-refractivity contribution in [2.75, 3.05) is 7.11 Å². The van der Waals surface area contributed by atoms with Crippen molar-refractivity contribution < 1.29 is 23.5 Å². The Hall–Kier alpha value is -3.78. The quantitative estimate of drug-likeness (QED) is 0.436. The number of hydrogen-bond donors (Lipinski definition) is 0. The zero-order valence-corrected chi connectivity index (χ0v) is 17.8. The van der Waals surface area contributed by atoms with Crippen molar-refractivity contribution in [1.29, 1.82) is 0 Å². The second-order valence-electron chi connectivity index (χ2n) is 7.22. The number of fused-ring (bicyclic) bond motifs is 3. The number of para-hydroxylation sites is 2. The molecule has 0 unspecified atom stereocenters. The van der Waals surface area contributed by atoms with E-state index in [2.05, 4.69) is 4.99 Å². The zero-order valence-electron chi connectivity index (χ0n) is 16.9. The van der Waals surface area contributed by atoms with E-state index in [0.29, 0.717) is 37.6 Å². The number of carbonyl (C=O) groups excluding carboxylic acids is 2. The Morgan fingerprint density at radius 3 is 2.38 bits per heavy atom. The van der Waals surface area contributed by atoms with Gasteiger partial charge in [-0.15, -0.1) is 0 Å². The minimum atomic E-state index is -0.662. The number of amides is 1. The van der Waals surface area contributed by atoms with Gasteiger partial charge >= 0.3 is 5.97 Å². The summed E-state index contributed by atoms with van der Waals surface area (Å²) < 4.78 is 26.7. The van der Waals surface area contributed by atoms with Gasteiger partial charge in [-0.3, -0.25) is 9.59 Å². The predicted molar refractivity (Wildman–Crippen MR) is 117 cm³/mol. The molecule has 8 heteroatoms. The molecule has 1 aromatic heterocycles. The van der Waals surface area contributed by atoms with Gasteiger partial charge in [-0.1, -0.05) is 47.7 Å². The molecule has 1 amide bonds. The van der Waals surface area contributed by atoms with E-state index in [4.69, 9.17) is 9.47 Å². The Kier molecular flexibility index (Phi) is 5.07. The van der Waals surface area contributed by atoms with Crippen molar-refractivity contribution >= 4 is 33.4 Å². The van der Waals surface area contributed by atoms with Crippen LogP contribution in [0.2, 0.25) is 0 Å². The van der Waals surface area contributed by atoms with Crippen LogP contribution < -0.4 is 9.54 Å². The van der Waals surface area contributed by atoms with Gasteiger partial charge in [0.1, 0.15) is 23.9 Å². The van der Waals surface area contributed by atoms with Gasteiger partial charge < -0.3 is 14.0 Å². The number of thiazole rings is 1. The van der Waals surface area contributed by atoms with E-state index in [0.717, 1.165) is 11.3 Å². The summed E-state index contributed by atoms with van der Waals surface area (Å²) in [6, 6.07) is 18.9. The van der Waals surface area contributed by atoms with E-state index in [1.807, 2.05) is 48.5 Å². The number of halogens is 1. The number of ether oxygens (including phenoxy) is 2. The molecule has 0 radical (unpaired) electrons. The second kappa shape index (κ2) is 8.05. The van der Waals surface area contributed by atoms with Crippen LogP contribution in [0.25, 0.3) is 10.2 Å². The third-order valence-corrected chi connectivity index (χ3v) is 6.33. The Labute approximate surface area is 186 Å². The molecule has 1 aliphatic rings. The van der Waals surface area contributed by atoms with Crippen LogP contribution in [0.1, 0.15) is 17.0 Å². The highest BCUT2D eigenvalue weighted by molar-refractivity contribution is 7.16. The highest BCUT2D eigenvalue weighted by atomic mass is 32.1. The molecule has 2 heterocycles. The largest absolute Gasteiger partial charge is 0.468 e. The van der Waals surface area contributed by atoms with Crippen LogP contribution in [0.15, 0.2) is 71.7 Å². The smallest absolute Gasteiger partial charge is 0.325 e. The minimum Gasteiger partial charge on any atom is -0.468 e. The van der Waals surface area contributed by atoms with Crippen molar-refractivity contribution in [2.45, 2.75) is 12.5 Å². The van der Waals surface area contributed by atoms with Crippen LogP contribution in [0.4, 0.5) is 4.39 Å². The molecule has 32 heavy (non-hydrogen) atoms. The summed E-state index contributed by atoms with van der Waals surface area (Å²) in [4.78, 5) is 30.2. The summed E-state index contributed by atoms with van der Waals surface area (Å²) in [5, 5.41) is 0. The number of methoxy groups -OCH3 is 1. The van der Waals surface area contributed by atoms with E-state index in [1.165, 1.54) is 19.2 Å². The van der Waals surface area contributed by atoms with Crippen LogP contribution in [-0.4, -0.2) is 23.6 Å². The number of esters is 1. The highest BCUT2D eigenvalue weighted by Gasteiger charge is 2.32. The predicted octanol–water partition coefficient (Wildman–Crippen LogP) is 4.38. The highest BCUT2D eigenvalue weighted by Crippen LogP contribution is 2.44. The van der Waals surface area contributed by atoms with Gasteiger partial charge in [-0.25, -0.2) is 4.39 Å². The standard InChI is InChI=1S/C24H17FN2O4S/c1-30-21(28)13-27-17-11-10-14(25)12-20(17)32-24(27)26-23(29)22-15-6-2-4-8-18(15)31-19-9-5-3-7-16(19)22/h2-12,22H,13H2,1H3. The molecule has 0 saturated carbocycles. The summed E-state index contributed by atoms with van der Waals surface area (Å²) >= 11 is 1.14. The molecule has 0 N–H and O–H groups in total. The Balaban J connectivity index is 1.67. The summed E-state index contributed by atoms with van der Waals surface area (Å²) in [7, 11) is 1.29. The zero-order chi connectivity index (χ0) is 22.2. The first-order valence-electron chi connectivity index (χ1n) is 9.85. The minimum absolute atomic E-state index is 0.144. The lowest BCUT2D eigenvalue weighted by atomic mass is 9.87. The number of aromatic nitrogens is 1. The molecule has 6 nitrogen and oxygen atoms in total. The van der Waals surface area contributed by atoms with Crippen molar-refractivity contribution in [3.8, 4) is 11.5 Å². The first-order valence-corrected chi connectivity index (χ1v) is 10.7. The van der Waals surface area contributed by atoms with Gasteiger partial charge in [0, 0.05) is 11.1 Å². The third kappa shape index (κ3) is 3.48. The van der Waals surface area contributed by atoms with Crippen LogP contribution >= 0.6 is 11.3 Å². The molecule has 160 valence electrons. The maximum absolute atomic E-state index is 13.8. The molecule has 0 aliphatic carbocycles. The van der Waals surface area contributed by atoms with Crippen LogP contribution in [-0.2, 0) is 20.9 Å². The maximum atomic E-state index is 13.8. The SMILES string of the molecule is COC(=O)Cn1c(=NC(=O)C2c3ccccc3Oc3ccccc32)sc2cc(F)ccc21. The van der Waals surface area contributed by atoms with E-state index < -0.39 is 23.6 Å². The molecule has 0 spiro atoms. The van der Waals surface area contributed by atoms with Gasteiger partial charge in [-0.2, -0.15) is 4.99 Å². The molecule has 1 aliphatic heterocycles. The molecule has 0 atom stereocenters. The molecule has 0 saturated heterocycles. The van der Waals surface area contributed by atoms with E-state index in [-0.39, 0.29) is 6.54 Å². The Morgan fingerprint density at radius 2 is 1.72 bits per heavy atom. The van der Waals surface area contributed by atoms with Gasteiger partial charge in [0.15, 0.2) is 4.80 Å². The lowest BCUT2D eigenvalue weighted by Crippen LogP contribution is -2.25. The third-order valence-electron chi connectivity index (χ3n) is 5.29. The van der Waals surface area contributed by atoms with E-state index >= 15 is 0 Å². The summed E-state index contributed by atoms with van der Waals surface area (Å²) in [5.41, 5.74) is 2.03. The van der Waals surface area contributed by atoms with Crippen molar-refractivity contribution in [1.82, 2.24) is 4.57 Å². The monoisotopic (exact) mass is 448 g/mol. The summed E-state index contributed by atoms with van der Waals surface area (Å²) in [5.74, 6) is -0.775. The topological polar surface area (TPSA) is 69.9 Å². The average Bonchev–Trinajstić information content (AvgIpc) is 3.12. The maximum Gasteiger partial charge on any atom is 0.325 e. The normalized spacial score (nSPS) is 13.4. The van der Waals surface area contributed by atoms with Gasteiger partial charge in [0.05, 0.1) is 23.2 Å². The lowest BCUT2D eigenvalue weighted by molar-refractivity contribution is -0.141.